The molecule has 0 aromatic carbocycles. The quantitative estimate of drug-likeness (QED) is 0.783. The van der Waals surface area contributed by atoms with E-state index in [1.54, 1.807) is 6.20 Å². The van der Waals surface area contributed by atoms with E-state index in [0.29, 0.717) is 5.02 Å². The predicted octanol–water partition coefficient (Wildman–Crippen LogP) is 3.73. The monoisotopic (exact) mass is 288 g/mol. The van der Waals surface area contributed by atoms with E-state index >= 15 is 0 Å². The molecule has 0 saturated carbocycles. The van der Waals surface area contributed by atoms with Crippen molar-refractivity contribution in [1.82, 2.24) is 4.98 Å². The number of piperidine rings is 1. The van der Waals surface area contributed by atoms with Gasteiger partial charge in [-0.1, -0.05) is 18.5 Å². The van der Waals surface area contributed by atoms with Crippen LogP contribution in [0.15, 0.2) is 16.7 Å². The summed E-state index contributed by atoms with van der Waals surface area (Å²) in [5, 5.41) is 0.677. The van der Waals surface area contributed by atoms with Gasteiger partial charge < -0.3 is 4.90 Å². The van der Waals surface area contributed by atoms with E-state index in [-0.39, 0.29) is 0 Å². The summed E-state index contributed by atoms with van der Waals surface area (Å²) < 4.78 is 0.990. The van der Waals surface area contributed by atoms with Crippen LogP contribution in [0, 0.1) is 5.92 Å². The Kier molecular flexibility index (Phi) is 3.52. The SMILES string of the molecule is CC1CCCN(c2ncc(Cl)cc2Br)C1. The van der Waals surface area contributed by atoms with Gasteiger partial charge in [-0.05, 0) is 40.8 Å². The van der Waals surface area contributed by atoms with Crippen LogP contribution >= 0.6 is 27.5 Å². The van der Waals surface area contributed by atoms with Crippen molar-refractivity contribution in [1.29, 1.82) is 0 Å². The van der Waals surface area contributed by atoms with E-state index in [4.69, 9.17) is 11.6 Å². The first kappa shape index (κ1) is 11.2. The zero-order chi connectivity index (χ0) is 10.8. The minimum Gasteiger partial charge on any atom is -0.355 e. The first-order chi connectivity index (χ1) is 7.16. The lowest BCUT2D eigenvalue weighted by Crippen LogP contribution is -2.35. The predicted molar refractivity (Wildman–Crippen MR) is 67.6 cm³/mol. The first-order valence-electron chi connectivity index (χ1n) is 5.23. The standard InChI is InChI=1S/C11H14BrClN2/c1-8-3-2-4-15(7-8)11-10(12)5-9(13)6-14-11/h5-6,8H,2-4,7H2,1H3. The molecule has 82 valence electrons. The Labute approximate surface area is 104 Å². The van der Waals surface area contributed by atoms with Crippen LogP contribution in [-0.2, 0) is 0 Å². The number of rotatable bonds is 1. The molecule has 1 fully saturated rings. The molecule has 1 saturated heterocycles. The fraction of sp³-hybridized carbons (Fsp3) is 0.545. The van der Waals surface area contributed by atoms with Crippen LogP contribution in [0.5, 0.6) is 0 Å². The lowest BCUT2D eigenvalue weighted by molar-refractivity contribution is 0.444. The molecule has 0 bridgehead atoms. The topological polar surface area (TPSA) is 16.1 Å². The first-order valence-corrected chi connectivity index (χ1v) is 6.40. The highest BCUT2D eigenvalue weighted by atomic mass is 79.9. The summed E-state index contributed by atoms with van der Waals surface area (Å²) in [5.74, 6) is 1.77. The van der Waals surface area contributed by atoms with Crippen LogP contribution in [0.4, 0.5) is 5.82 Å². The van der Waals surface area contributed by atoms with Crippen LogP contribution in [0.2, 0.25) is 5.02 Å². The van der Waals surface area contributed by atoms with Crippen LogP contribution in [0.1, 0.15) is 19.8 Å². The summed E-state index contributed by atoms with van der Waals surface area (Å²) in [6.45, 7) is 4.47. The zero-order valence-electron chi connectivity index (χ0n) is 8.71. The molecule has 2 nitrogen and oxygen atoms in total. The van der Waals surface area contributed by atoms with Crippen molar-refractivity contribution in [2.24, 2.45) is 5.92 Å². The van der Waals surface area contributed by atoms with E-state index in [9.17, 15) is 0 Å². The number of nitrogens with zero attached hydrogens (tertiary/aromatic N) is 2. The molecule has 1 unspecified atom stereocenters. The Morgan fingerprint density at radius 2 is 2.40 bits per heavy atom. The summed E-state index contributed by atoms with van der Waals surface area (Å²) >= 11 is 9.39. The second-order valence-corrected chi connectivity index (χ2v) is 5.44. The van der Waals surface area contributed by atoms with Gasteiger partial charge in [0, 0.05) is 19.3 Å². The maximum atomic E-state index is 5.87. The zero-order valence-corrected chi connectivity index (χ0v) is 11.1. The minimum atomic E-state index is 0.677. The molecule has 0 amide bonds. The Balaban J connectivity index is 2.21. The average Bonchev–Trinajstić information content (AvgIpc) is 2.17. The lowest BCUT2D eigenvalue weighted by Gasteiger charge is -2.32. The molecule has 4 heteroatoms. The second-order valence-electron chi connectivity index (χ2n) is 4.15. The van der Waals surface area contributed by atoms with E-state index in [2.05, 4.69) is 32.7 Å². The van der Waals surface area contributed by atoms with E-state index in [1.807, 2.05) is 6.07 Å². The molecule has 1 aromatic heterocycles. The maximum absolute atomic E-state index is 5.87. The van der Waals surface area contributed by atoms with Gasteiger partial charge in [-0.2, -0.15) is 0 Å². The Morgan fingerprint density at radius 3 is 3.07 bits per heavy atom. The van der Waals surface area contributed by atoms with Gasteiger partial charge in [0.2, 0.25) is 0 Å². The van der Waals surface area contributed by atoms with E-state index in [1.165, 1.54) is 12.8 Å². The summed E-state index contributed by atoms with van der Waals surface area (Å²) in [6, 6.07) is 1.91. The average molecular weight is 290 g/mol. The maximum Gasteiger partial charge on any atom is 0.142 e. The Bertz CT molecular complexity index is 356. The van der Waals surface area contributed by atoms with Gasteiger partial charge in [0.15, 0.2) is 0 Å². The van der Waals surface area contributed by atoms with Crippen LogP contribution in [0.3, 0.4) is 0 Å². The molecular weight excluding hydrogens is 275 g/mol. The number of aromatic nitrogens is 1. The molecule has 2 heterocycles. The highest BCUT2D eigenvalue weighted by Gasteiger charge is 2.19. The number of hydrogen-bond acceptors (Lipinski definition) is 2. The number of halogens is 2. The van der Waals surface area contributed by atoms with Gasteiger partial charge in [-0.3, -0.25) is 0 Å². The van der Waals surface area contributed by atoms with Gasteiger partial charge in [0.25, 0.3) is 0 Å². The summed E-state index contributed by atoms with van der Waals surface area (Å²) in [6.07, 6.45) is 4.28. The number of hydrogen-bond donors (Lipinski definition) is 0. The molecule has 1 atom stereocenters. The van der Waals surface area contributed by atoms with Crippen molar-refractivity contribution in [2.75, 3.05) is 18.0 Å². The van der Waals surface area contributed by atoms with Crippen molar-refractivity contribution < 1.29 is 0 Å². The molecule has 2 rings (SSSR count). The normalized spacial score (nSPS) is 21.8. The largest absolute Gasteiger partial charge is 0.355 e. The van der Waals surface area contributed by atoms with Gasteiger partial charge in [-0.15, -0.1) is 0 Å². The van der Waals surface area contributed by atoms with Gasteiger partial charge in [0.1, 0.15) is 5.82 Å². The summed E-state index contributed by atoms with van der Waals surface area (Å²) in [5.41, 5.74) is 0. The van der Waals surface area contributed by atoms with E-state index < -0.39 is 0 Å². The summed E-state index contributed by atoms with van der Waals surface area (Å²) in [7, 11) is 0. The minimum absolute atomic E-state index is 0.677. The third kappa shape index (κ3) is 2.64. The molecule has 15 heavy (non-hydrogen) atoms. The molecule has 1 aliphatic rings. The van der Waals surface area contributed by atoms with Crippen LogP contribution in [0.25, 0.3) is 0 Å². The lowest BCUT2D eigenvalue weighted by atomic mass is 10.0. The molecule has 1 aromatic rings. The van der Waals surface area contributed by atoms with Crippen molar-refractivity contribution in [3.63, 3.8) is 0 Å². The summed E-state index contributed by atoms with van der Waals surface area (Å²) in [4.78, 5) is 6.71. The third-order valence-electron chi connectivity index (χ3n) is 2.74. The third-order valence-corrected chi connectivity index (χ3v) is 3.54. The van der Waals surface area contributed by atoms with Crippen molar-refractivity contribution >= 4 is 33.3 Å². The van der Waals surface area contributed by atoms with Gasteiger partial charge >= 0.3 is 0 Å². The van der Waals surface area contributed by atoms with Gasteiger partial charge in [-0.25, -0.2) is 4.98 Å². The van der Waals surface area contributed by atoms with E-state index in [0.717, 1.165) is 29.3 Å². The molecule has 0 N–H and O–H groups in total. The highest BCUT2D eigenvalue weighted by Crippen LogP contribution is 2.29. The fourth-order valence-electron chi connectivity index (χ4n) is 2.02. The van der Waals surface area contributed by atoms with Gasteiger partial charge in [0.05, 0.1) is 9.50 Å². The molecule has 0 spiro atoms. The van der Waals surface area contributed by atoms with Crippen molar-refractivity contribution in [3.8, 4) is 0 Å². The molecular formula is C11H14BrClN2. The Morgan fingerprint density at radius 1 is 1.60 bits per heavy atom. The molecule has 1 aliphatic heterocycles. The fourth-order valence-corrected chi connectivity index (χ4v) is 2.91. The number of anilines is 1. The van der Waals surface area contributed by atoms with Crippen LogP contribution in [-0.4, -0.2) is 18.1 Å². The molecule has 0 aliphatic carbocycles. The Hall–Kier alpha value is -0.280. The van der Waals surface area contributed by atoms with Crippen LogP contribution < -0.4 is 4.90 Å². The highest BCUT2D eigenvalue weighted by molar-refractivity contribution is 9.10. The molecule has 0 radical (unpaired) electrons. The van der Waals surface area contributed by atoms with Crippen molar-refractivity contribution in [2.45, 2.75) is 19.8 Å². The smallest absolute Gasteiger partial charge is 0.142 e. The van der Waals surface area contributed by atoms with Crippen molar-refractivity contribution in [3.05, 3.63) is 21.8 Å². The second kappa shape index (κ2) is 4.71. The number of pyridine rings is 1.